The Hall–Kier alpha value is -0.520. The fraction of sp³-hybridized carbons (Fsp3) is 0.667. The highest BCUT2D eigenvalue weighted by molar-refractivity contribution is 4.85. The smallest absolute Gasteiger partial charge is 0.168 e. The Morgan fingerprint density at radius 1 is 1.50 bits per heavy atom. The van der Waals surface area contributed by atoms with E-state index in [1.165, 1.54) is 0 Å². The van der Waals surface area contributed by atoms with Gasteiger partial charge in [0.15, 0.2) is 6.29 Å². The van der Waals surface area contributed by atoms with E-state index in [4.69, 9.17) is 15.9 Å². The molecular formula is C6H8O2. The molecule has 0 N–H and O–H groups in total. The second-order valence-electron chi connectivity index (χ2n) is 1.58. The molecule has 44 valence electrons. The summed E-state index contributed by atoms with van der Waals surface area (Å²) in [5.41, 5.74) is 0. The SMILES string of the molecule is C#CCC1OCCO1. The zero-order chi connectivity index (χ0) is 5.82. The minimum absolute atomic E-state index is 0.125. The van der Waals surface area contributed by atoms with Crippen LogP contribution < -0.4 is 0 Å². The van der Waals surface area contributed by atoms with Crippen LogP contribution in [0.25, 0.3) is 0 Å². The predicted octanol–water partition coefficient (Wildman–Crippen LogP) is 0.383. The fourth-order valence-corrected chi connectivity index (χ4v) is 0.621. The summed E-state index contributed by atoms with van der Waals surface area (Å²) in [7, 11) is 0. The molecule has 0 unspecified atom stereocenters. The van der Waals surface area contributed by atoms with Crippen LogP contribution in [0.4, 0.5) is 0 Å². The van der Waals surface area contributed by atoms with Gasteiger partial charge in [0.2, 0.25) is 0 Å². The van der Waals surface area contributed by atoms with Crippen molar-refractivity contribution >= 4 is 0 Å². The van der Waals surface area contributed by atoms with Gasteiger partial charge in [-0.15, -0.1) is 12.3 Å². The van der Waals surface area contributed by atoms with Crippen molar-refractivity contribution in [1.29, 1.82) is 0 Å². The highest BCUT2D eigenvalue weighted by Crippen LogP contribution is 2.05. The lowest BCUT2D eigenvalue weighted by Crippen LogP contribution is -2.04. The van der Waals surface area contributed by atoms with Crippen LogP contribution in [-0.2, 0) is 9.47 Å². The van der Waals surface area contributed by atoms with Crippen LogP contribution in [0.2, 0.25) is 0 Å². The van der Waals surface area contributed by atoms with E-state index in [1.807, 2.05) is 0 Å². The average molecular weight is 112 g/mol. The van der Waals surface area contributed by atoms with E-state index in [0.29, 0.717) is 19.6 Å². The van der Waals surface area contributed by atoms with Crippen LogP contribution >= 0.6 is 0 Å². The lowest BCUT2D eigenvalue weighted by atomic mass is 10.4. The Morgan fingerprint density at radius 3 is 2.62 bits per heavy atom. The van der Waals surface area contributed by atoms with Crippen molar-refractivity contribution in [3.63, 3.8) is 0 Å². The molecule has 0 radical (unpaired) electrons. The lowest BCUT2D eigenvalue weighted by molar-refractivity contribution is -0.0364. The Labute approximate surface area is 48.8 Å². The minimum Gasteiger partial charge on any atom is -0.349 e. The van der Waals surface area contributed by atoms with E-state index in [-0.39, 0.29) is 6.29 Å². The van der Waals surface area contributed by atoms with Gasteiger partial charge >= 0.3 is 0 Å². The maximum Gasteiger partial charge on any atom is 0.168 e. The summed E-state index contributed by atoms with van der Waals surface area (Å²) in [6.45, 7) is 1.37. The first kappa shape index (κ1) is 5.61. The molecule has 0 aromatic rings. The topological polar surface area (TPSA) is 18.5 Å². The molecule has 0 aliphatic carbocycles. The molecule has 0 amide bonds. The quantitative estimate of drug-likeness (QED) is 0.456. The Bertz CT molecular complexity index is 97.6. The first-order valence-corrected chi connectivity index (χ1v) is 2.60. The van der Waals surface area contributed by atoms with Crippen LogP contribution in [0.1, 0.15) is 6.42 Å². The van der Waals surface area contributed by atoms with Crippen molar-refractivity contribution in [1.82, 2.24) is 0 Å². The lowest BCUT2D eigenvalue weighted by Gasteiger charge is -2.00. The van der Waals surface area contributed by atoms with E-state index in [9.17, 15) is 0 Å². The number of rotatable bonds is 1. The summed E-state index contributed by atoms with van der Waals surface area (Å²) in [6.07, 6.45) is 5.44. The minimum atomic E-state index is -0.125. The van der Waals surface area contributed by atoms with Crippen molar-refractivity contribution in [2.75, 3.05) is 13.2 Å². The van der Waals surface area contributed by atoms with Crippen molar-refractivity contribution < 1.29 is 9.47 Å². The maximum absolute atomic E-state index is 5.03. The third-order valence-corrected chi connectivity index (χ3v) is 0.975. The zero-order valence-electron chi connectivity index (χ0n) is 4.59. The highest BCUT2D eigenvalue weighted by atomic mass is 16.7. The van der Waals surface area contributed by atoms with Crippen LogP contribution in [0.15, 0.2) is 0 Å². The predicted molar refractivity (Wildman–Crippen MR) is 29.1 cm³/mol. The molecule has 0 aromatic carbocycles. The summed E-state index contributed by atoms with van der Waals surface area (Å²) >= 11 is 0. The van der Waals surface area contributed by atoms with Gasteiger partial charge in [0, 0.05) is 0 Å². The van der Waals surface area contributed by atoms with Gasteiger partial charge in [-0.2, -0.15) is 0 Å². The highest BCUT2D eigenvalue weighted by Gasteiger charge is 2.12. The van der Waals surface area contributed by atoms with E-state index >= 15 is 0 Å². The van der Waals surface area contributed by atoms with E-state index < -0.39 is 0 Å². The molecule has 1 heterocycles. The summed E-state index contributed by atoms with van der Waals surface area (Å²) < 4.78 is 10.1. The van der Waals surface area contributed by atoms with Gasteiger partial charge < -0.3 is 9.47 Å². The molecule has 2 nitrogen and oxygen atoms in total. The second-order valence-corrected chi connectivity index (χ2v) is 1.58. The number of hydrogen-bond acceptors (Lipinski definition) is 2. The normalized spacial score (nSPS) is 20.9. The molecule has 0 aromatic heterocycles. The van der Waals surface area contributed by atoms with Crippen LogP contribution in [0.3, 0.4) is 0 Å². The van der Waals surface area contributed by atoms with Crippen molar-refractivity contribution in [3.05, 3.63) is 0 Å². The molecule has 0 atom stereocenters. The third-order valence-electron chi connectivity index (χ3n) is 0.975. The van der Waals surface area contributed by atoms with E-state index in [0.717, 1.165) is 0 Å². The van der Waals surface area contributed by atoms with Crippen LogP contribution in [-0.4, -0.2) is 19.5 Å². The van der Waals surface area contributed by atoms with E-state index in [2.05, 4.69) is 5.92 Å². The maximum atomic E-state index is 5.03. The summed E-state index contributed by atoms with van der Waals surface area (Å²) in [5, 5.41) is 0. The van der Waals surface area contributed by atoms with Gasteiger partial charge in [-0.05, 0) is 0 Å². The summed E-state index contributed by atoms with van der Waals surface area (Å²) in [4.78, 5) is 0. The Morgan fingerprint density at radius 2 is 2.12 bits per heavy atom. The summed E-state index contributed by atoms with van der Waals surface area (Å²) in [5.74, 6) is 2.46. The van der Waals surface area contributed by atoms with Crippen molar-refractivity contribution in [2.24, 2.45) is 0 Å². The Kier molecular flexibility index (Phi) is 1.90. The van der Waals surface area contributed by atoms with Gasteiger partial charge in [-0.3, -0.25) is 0 Å². The van der Waals surface area contributed by atoms with Crippen LogP contribution in [0.5, 0.6) is 0 Å². The molecule has 0 bridgehead atoms. The number of terminal acetylenes is 1. The molecule has 8 heavy (non-hydrogen) atoms. The molecule has 0 spiro atoms. The molecular weight excluding hydrogens is 104 g/mol. The number of ether oxygens (including phenoxy) is 2. The monoisotopic (exact) mass is 112 g/mol. The van der Waals surface area contributed by atoms with Crippen molar-refractivity contribution in [2.45, 2.75) is 12.7 Å². The first-order chi connectivity index (χ1) is 3.93. The molecule has 2 heteroatoms. The van der Waals surface area contributed by atoms with Gasteiger partial charge in [0.1, 0.15) is 0 Å². The molecule has 1 fully saturated rings. The largest absolute Gasteiger partial charge is 0.349 e. The fourth-order valence-electron chi connectivity index (χ4n) is 0.621. The van der Waals surface area contributed by atoms with Gasteiger partial charge in [-0.1, -0.05) is 0 Å². The first-order valence-electron chi connectivity index (χ1n) is 2.60. The van der Waals surface area contributed by atoms with Crippen molar-refractivity contribution in [3.8, 4) is 12.3 Å². The van der Waals surface area contributed by atoms with Gasteiger partial charge in [0.25, 0.3) is 0 Å². The average Bonchev–Trinajstić information content (AvgIpc) is 2.19. The third kappa shape index (κ3) is 1.22. The standard InChI is InChI=1S/C6H8O2/c1-2-3-6-7-4-5-8-6/h1,6H,3-5H2. The molecule has 1 aliphatic heterocycles. The number of hydrogen-bond donors (Lipinski definition) is 0. The molecule has 1 rings (SSSR count). The van der Waals surface area contributed by atoms with Gasteiger partial charge in [0.05, 0.1) is 19.6 Å². The Balaban J connectivity index is 2.17. The molecule has 1 aliphatic rings. The van der Waals surface area contributed by atoms with Crippen LogP contribution in [0, 0.1) is 12.3 Å². The molecule has 1 saturated heterocycles. The van der Waals surface area contributed by atoms with Gasteiger partial charge in [-0.25, -0.2) is 0 Å². The zero-order valence-corrected chi connectivity index (χ0v) is 4.59. The van der Waals surface area contributed by atoms with E-state index in [1.54, 1.807) is 0 Å². The summed E-state index contributed by atoms with van der Waals surface area (Å²) in [6, 6.07) is 0. The molecule has 0 saturated carbocycles. The second kappa shape index (κ2) is 2.71.